The molecule has 0 unspecified atom stereocenters. The average molecular weight is 501 g/mol. The molecular formula is C30H36N4O3. The van der Waals surface area contributed by atoms with Gasteiger partial charge in [0, 0.05) is 57.1 Å². The van der Waals surface area contributed by atoms with Crippen LogP contribution in [0.5, 0.6) is 5.75 Å². The molecule has 7 heteroatoms. The highest BCUT2D eigenvalue weighted by atomic mass is 16.5. The van der Waals surface area contributed by atoms with Crippen molar-refractivity contribution >= 4 is 23.2 Å². The van der Waals surface area contributed by atoms with Gasteiger partial charge in [-0.3, -0.25) is 9.59 Å². The summed E-state index contributed by atoms with van der Waals surface area (Å²) in [5.74, 6) is 0.632. The fourth-order valence-electron chi connectivity index (χ4n) is 4.84. The monoisotopic (exact) mass is 500 g/mol. The zero-order valence-corrected chi connectivity index (χ0v) is 22.6. The number of carbonyl (C=O) groups is 2. The molecule has 7 nitrogen and oxygen atoms in total. The Hall–Kier alpha value is -3.84. The van der Waals surface area contributed by atoms with Crippen molar-refractivity contribution in [3.63, 3.8) is 0 Å². The van der Waals surface area contributed by atoms with Gasteiger partial charge in [0.15, 0.2) is 0 Å². The second-order valence-electron chi connectivity index (χ2n) is 9.65. The smallest absolute Gasteiger partial charge is 0.258 e. The largest absolute Gasteiger partial charge is 0.495 e. The van der Waals surface area contributed by atoms with Crippen LogP contribution in [0.1, 0.15) is 31.8 Å². The van der Waals surface area contributed by atoms with E-state index in [1.54, 1.807) is 19.1 Å². The Morgan fingerprint density at radius 2 is 1.46 bits per heavy atom. The summed E-state index contributed by atoms with van der Waals surface area (Å²) in [4.78, 5) is 31.8. The van der Waals surface area contributed by atoms with Crippen molar-refractivity contribution < 1.29 is 14.3 Å². The maximum absolute atomic E-state index is 13.5. The van der Waals surface area contributed by atoms with Crippen LogP contribution in [0.25, 0.3) is 11.1 Å². The summed E-state index contributed by atoms with van der Waals surface area (Å²) in [5.41, 5.74) is 7.19. The number of anilines is 2. The molecule has 0 aliphatic carbocycles. The van der Waals surface area contributed by atoms with Crippen LogP contribution in [0.4, 0.5) is 11.4 Å². The summed E-state index contributed by atoms with van der Waals surface area (Å²) in [6.45, 7) is 7.81. The van der Waals surface area contributed by atoms with Gasteiger partial charge in [-0.2, -0.15) is 0 Å². The van der Waals surface area contributed by atoms with E-state index in [2.05, 4.69) is 22.2 Å². The first-order valence-electron chi connectivity index (χ1n) is 12.6. The van der Waals surface area contributed by atoms with E-state index in [0.717, 1.165) is 65.6 Å². The third-order valence-electron chi connectivity index (χ3n) is 7.18. The Kier molecular flexibility index (Phi) is 7.83. The number of benzene rings is 3. The highest BCUT2D eigenvalue weighted by Crippen LogP contribution is 2.34. The van der Waals surface area contributed by atoms with Crippen LogP contribution in [0.2, 0.25) is 0 Å². The number of amides is 2. The molecule has 1 fully saturated rings. The Bertz CT molecular complexity index is 1310. The van der Waals surface area contributed by atoms with E-state index in [0.29, 0.717) is 11.1 Å². The molecule has 0 radical (unpaired) electrons. The summed E-state index contributed by atoms with van der Waals surface area (Å²) in [7, 11) is 7.25. The zero-order chi connectivity index (χ0) is 26.7. The van der Waals surface area contributed by atoms with Crippen molar-refractivity contribution in [3.05, 3.63) is 76.9 Å². The maximum Gasteiger partial charge on any atom is 0.258 e. The van der Waals surface area contributed by atoms with Crippen LogP contribution in [-0.2, 0) is 0 Å². The molecule has 3 aromatic carbocycles. The summed E-state index contributed by atoms with van der Waals surface area (Å²) in [5, 5.41) is 2.66. The second-order valence-corrected chi connectivity index (χ2v) is 9.65. The predicted molar refractivity (Wildman–Crippen MR) is 150 cm³/mol. The SMILES string of the molecule is CNC(=O)c1ccc(-c2ccc(C(=O)N(C)c3ccc(OC)c(N4CCN(C)CC4)c3)cc2C)c(C)c1. The van der Waals surface area contributed by atoms with Crippen LogP contribution in [0, 0.1) is 13.8 Å². The van der Waals surface area contributed by atoms with Crippen molar-refractivity contribution in [1.82, 2.24) is 10.2 Å². The highest BCUT2D eigenvalue weighted by Gasteiger charge is 2.21. The fraction of sp³-hybridized carbons (Fsp3) is 0.333. The quantitative estimate of drug-likeness (QED) is 0.545. The lowest BCUT2D eigenvalue weighted by molar-refractivity contribution is 0.0961. The van der Waals surface area contributed by atoms with E-state index in [1.807, 2.05) is 75.5 Å². The molecule has 4 rings (SSSR count). The van der Waals surface area contributed by atoms with Gasteiger partial charge in [-0.15, -0.1) is 0 Å². The molecular weight excluding hydrogens is 464 g/mol. The first-order valence-corrected chi connectivity index (χ1v) is 12.6. The number of likely N-dealkylation sites (N-methyl/N-ethyl adjacent to an activating group) is 1. The molecule has 0 bridgehead atoms. The van der Waals surface area contributed by atoms with Gasteiger partial charge in [0.2, 0.25) is 0 Å². The number of hydrogen-bond acceptors (Lipinski definition) is 5. The van der Waals surface area contributed by atoms with Crippen LogP contribution in [0.3, 0.4) is 0 Å². The number of nitrogens with one attached hydrogen (secondary N) is 1. The molecule has 0 saturated carbocycles. The molecule has 194 valence electrons. The van der Waals surface area contributed by atoms with E-state index < -0.39 is 0 Å². The van der Waals surface area contributed by atoms with Crippen LogP contribution >= 0.6 is 0 Å². The van der Waals surface area contributed by atoms with Gasteiger partial charge in [0.25, 0.3) is 11.8 Å². The zero-order valence-electron chi connectivity index (χ0n) is 22.6. The molecule has 1 aliphatic heterocycles. The molecule has 1 aliphatic rings. The van der Waals surface area contributed by atoms with E-state index in [4.69, 9.17) is 4.74 Å². The van der Waals surface area contributed by atoms with Gasteiger partial charge >= 0.3 is 0 Å². The number of aryl methyl sites for hydroxylation is 2. The van der Waals surface area contributed by atoms with Gasteiger partial charge in [-0.25, -0.2) is 0 Å². The van der Waals surface area contributed by atoms with Gasteiger partial charge in [0.05, 0.1) is 12.8 Å². The average Bonchev–Trinajstić information content (AvgIpc) is 2.92. The third kappa shape index (κ3) is 5.47. The van der Waals surface area contributed by atoms with Gasteiger partial charge in [-0.1, -0.05) is 12.1 Å². The number of nitrogens with zero attached hydrogens (tertiary/aromatic N) is 3. The van der Waals surface area contributed by atoms with Gasteiger partial charge in [-0.05, 0) is 85.6 Å². The molecule has 1 N–H and O–H groups in total. The Balaban J connectivity index is 1.58. The second kappa shape index (κ2) is 11.0. The Labute approximate surface area is 219 Å². The molecule has 1 heterocycles. The summed E-state index contributed by atoms with van der Waals surface area (Å²) in [6, 6.07) is 17.4. The van der Waals surface area contributed by atoms with E-state index in [-0.39, 0.29) is 11.8 Å². The number of hydrogen-bond donors (Lipinski definition) is 1. The summed E-state index contributed by atoms with van der Waals surface area (Å²) in [6.07, 6.45) is 0. The number of ether oxygens (including phenoxy) is 1. The minimum atomic E-state index is -0.107. The van der Waals surface area contributed by atoms with Crippen molar-refractivity contribution in [3.8, 4) is 16.9 Å². The number of piperazine rings is 1. The molecule has 1 saturated heterocycles. The molecule has 0 spiro atoms. The highest BCUT2D eigenvalue weighted by molar-refractivity contribution is 6.06. The summed E-state index contributed by atoms with van der Waals surface area (Å²) < 4.78 is 5.63. The molecule has 37 heavy (non-hydrogen) atoms. The lowest BCUT2D eigenvalue weighted by Crippen LogP contribution is -2.44. The normalized spacial score (nSPS) is 13.8. The standard InChI is InChI=1S/C30H36N4O3/c1-20-17-22(29(35)31-3)7-10-25(20)26-11-8-23(18-21(26)2)30(36)33(5)24-9-12-28(37-6)27(19-24)34-15-13-32(4)14-16-34/h7-12,17-19H,13-16H2,1-6H3,(H,31,35). The molecule has 0 atom stereocenters. The third-order valence-corrected chi connectivity index (χ3v) is 7.18. The molecule has 0 aromatic heterocycles. The topological polar surface area (TPSA) is 65.1 Å². The number of methoxy groups -OCH3 is 1. The van der Waals surface area contributed by atoms with Crippen molar-refractivity contribution in [2.75, 3.05) is 64.2 Å². The predicted octanol–water partition coefficient (Wildman–Crippen LogP) is 4.37. The van der Waals surface area contributed by atoms with E-state index >= 15 is 0 Å². The van der Waals surface area contributed by atoms with Crippen LogP contribution < -0.4 is 19.9 Å². The first kappa shape index (κ1) is 26.2. The van der Waals surface area contributed by atoms with Gasteiger partial charge < -0.3 is 24.8 Å². The number of carbonyl (C=O) groups excluding carboxylic acids is 2. The molecule has 2 amide bonds. The van der Waals surface area contributed by atoms with Crippen molar-refractivity contribution in [2.24, 2.45) is 0 Å². The Morgan fingerprint density at radius 1 is 0.865 bits per heavy atom. The summed E-state index contributed by atoms with van der Waals surface area (Å²) >= 11 is 0. The molecule has 3 aromatic rings. The van der Waals surface area contributed by atoms with Crippen LogP contribution in [0.15, 0.2) is 54.6 Å². The lowest BCUT2D eigenvalue weighted by atomic mass is 9.93. The first-order chi connectivity index (χ1) is 17.7. The Morgan fingerprint density at radius 3 is 2.03 bits per heavy atom. The van der Waals surface area contributed by atoms with Crippen LogP contribution in [-0.4, -0.2) is 71.1 Å². The minimum absolute atomic E-state index is 0.0733. The van der Waals surface area contributed by atoms with Gasteiger partial charge in [0.1, 0.15) is 5.75 Å². The number of rotatable bonds is 6. The minimum Gasteiger partial charge on any atom is -0.495 e. The van der Waals surface area contributed by atoms with E-state index in [1.165, 1.54) is 0 Å². The maximum atomic E-state index is 13.5. The fourth-order valence-corrected chi connectivity index (χ4v) is 4.84. The van der Waals surface area contributed by atoms with Crippen molar-refractivity contribution in [1.29, 1.82) is 0 Å². The lowest BCUT2D eigenvalue weighted by Gasteiger charge is -2.35. The van der Waals surface area contributed by atoms with E-state index in [9.17, 15) is 9.59 Å². The van der Waals surface area contributed by atoms with Crippen molar-refractivity contribution in [2.45, 2.75) is 13.8 Å².